The summed E-state index contributed by atoms with van der Waals surface area (Å²) in [5.41, 5.74) is 6.73. The fourth-order valence-corrected chi connectivity index (χ4v) is 4.42. The quantitative estimate of drug-likeness (QED) is 0.296. The molecule has 0 aromatic carbocycles. The monoisotopic (exact) mass is 443 g/mol. The van der Waals surface area contributed by atoms with Crippen molar-refractivity contribution >= 4 is 27.8 Å². The zero-order chi connectivity index (χ0) is 18.8. The molecule has 172 valence electrons. The van der Waals surface area contributed by atoms with Crippen molar-refractivity contribution in [3.05, 3.63) is 70.5 Å². The molecule has 1 unspecified atom stereocenters. The lowest BCUT2D eigenvalue weighted by Crippen LogP contribution is -1.80. The summed E-state index contributed by atoms with van der Waals surface area (Å²) in [4.78, 5) is 8.64. The Morgan fingerprint density at radius 3 is 2.65 bits per heavy atom. The predicted molar refractivity (Wildman–Crippen MR) is 139 cm³/mol. The van der Waals surface area contributed by atoms with Gasteiger partial charge in [0, 0.05) is 24.5 Å². The average molecular weight is 444 g/mol. The Kier molecular flexibility index (Phi) is 11.3. The van der Waals surface area contributed by atoms with Crippen molar-refractivity contribution in [1.29, 1.82) is 0 Å². The lowest BCUT2D eigenvalue weighted by molar-refractivity contribution is 0.554. The van der Waals surface area contributed by atoms with Crippen LogP contribution in [0, 0.1) is 6.92 Å². The Bertz CT molecular complexity index is 1060. The molecule has 1 atom stereocenters. The van der Waals surface area contributed by atoms with Gasteiger partial charge in [-0.15, -0.1) is 11.3 Å². The number of aromatic nitrogens is 3. The molecule has 0 radical (unpaired) electrons. The highest BCUT2D eigenvalue weighted by Gasteiger charge is 2.18. The van der Waals surface area contributed by atoms with Crippen LogP contribution in [-0.2, 0) is 19.9 Å². The summed E-state index contributed by atoms with van der Waals surface area (Å²) in [6.07, 6.45) is 13.5. The number of fused-ring (bicyclic) bond motifs is 3. The molecule has 0 bridgehead atoms. The minimum absolute atomic E-state index is 0. The topological polar surface area (TPSA) is 46.8 Å². The molecule has 0 aliphatic heterocycles. The van der Waals surface area contributed by atoms with Crippen molar-refractivity contribution < 1.29 is 4.42 Å². The first-order valence-electron chi connectivity index (χ1n) is 9.37. The zero-order valence-corrected chi connectivity index (χ0v) is 16.8. The van der Waals surface area contributed by atoms with Gasteiger partial charge in [0.25, 0.3) is 0 Å². The Labute approximate surface area is 193 Å². The second-order valence-electron chi connectivity index (χ2n) is 7.19. The number of nitrogens with one attached hydrogen (secondary N) is 1. The Balaban J connectivity index is 0.000000409. The van der Waals surface area contributed by atoms with E-state index in [-0.39, 0.29) is 29.7 Å². The maximum absolute atomic E-state index is 5.22. The van der Waals surface area contributed by atoms with E-state index in [4.69, 9.17) is 4.42 Å². The van der Waals surface area contributed by atoms with Crippen LogP contribution >= 0.6 is 11.3 Å². The van der Waals surface area contributed by atoms with Crippen molar-refractivity contribution in [2.24, 2.45) is 7.05 Å². The van der Waals surface area contributed by atoms with E-state index in [0.29, 0.717) is 0 Å². The Hall–Kier alpha value is -2.53. The van der Waals surface area contributed by atoms with Crippen LogP contribution in [0.2, 0.25) is 0 Å². The van der Waals surface area contributed by atoms with Gasteiger partial charge in [-0.1, -0.05) is 42.7 Å². The number of rotatable bonds is 0. The largest absolute Gasteiger partial charge is 0.464 e. The van der Waals surface area contributed by atoms with E-state index in [9.17, 15) is 0 Å². The van der Waals surface area contributed by atoms with Crippen LogP contribution in [-0.4, -0.2) is 14.5 Å². The maximum atomic E-state index is 5.22. The molecule has 0 amide bonds. The number of aryl methyl sites for hydroxylation is 3. The number of hydrogen-bond acceptors (Lipinski definition) is 3. The van der Waals surface area contributed by atoms with Crippen molar-refractivity contribution in [2.45, 2.75) is 68.7 Å². The summed E-state index contributed by atoms with van der Waals surface area (Å²) in [6, 6.07) is 4.23. The first-order valence-corrected chi connectivity index (χ1v) is 10.3. The van der Waals surface area contributed by atoms with E-state index in [1.54, 1.807) is 11.3 Å². The summed E-state index contributed by atoms with van der Waals surface area (Å²) in [7, 11) is 2.01. The third-order valence-electron chi connectivity index (χ3n) is 5.27. The van der Waals surface area contributed by atoms with Crippen LogP contribution in [0.4, 0.5) is 0 Å². The molecular weight excluding hydrogens is 402 g/mol. The number of allylic oxidation sites excluding steroid dienone is 1. The first-order chi connectivity index (χ1) is 13.1. The Morgan fingerprint density at radius 2 is 1.97 bits per heavy atom. The zero-order valence-electron chi connectivity index (χ0n) is 16.0. The average Bonchev–Trinajstić information content (AvgIpc) is 3.45. The smallest absolute Gasteiger partial charge is 0.130 e. The number of furan rings is 1. The summed E-state index contributed by atoms with van der Waals surface area (Å²) in [6.45, 7) is 4.37. The molecule has 6 rings (SSSR count). The van der Waals surface area contributed by atoms with Gasteiger partial charge < -0.3 is 14.0 Å². The van der Waals surface area contributed by atoms with Crippen LogP contribution in [0.3, 0.4) is 0 Å². The fourth-order valence-electron chi connectivity index (χ4n) is 3.64. The molecule has 4 heterocycles. The maximum Gasteiger partial charge on any atom is 0.130 e. The SMILES string of the molecule is C.C.C.C.CC1CCc2[nH]ccc21.Cc1coc2c1CC=C2.Cn1cnc2ccsc21. The molecule has 0 fully saturated rings. The van der Waals surface area contributed by atoms with Crippen LogP contribution in [0.1, 0.15) is 77.1 Å². The number of imidazole rings is 1. The molecule has 0 saturated carbocycles. The van der Waals surface area contributed by atoms with Gasteiger partial charge in [-0.3, -0.25) is 0 Å². The molecular formula is C26H41N3OS. The number of thiophene rings is 1. The fraction of sp³-hybridized carbons (Fsp3) is 0.423. The van der Waals surface area contributed by atoms with E-state index in [1.165, 1.54) is 40.1 Å². The minimum atomic E-state index is 0. The second-order valence-corrected chi connectivity index (χ2v) is 8.08. The molecule has 1 N–H and O–H groups in total. The standard InChI is InChI=1S/C8H11N.C8H8O.C6H6N2S.4CH4/c1-6-2-3-8-7(6)4-5-9-8;1-6-5-9-8-4-2-3-7(6)8;1-8-4-7-5-2-3-9-6(5)8;;;;/h4-6,9H,2-3H2,1H3;2,4-5H,3H2,1H3;2-4H,1H3;4*1H4. The third-order valence-corrected chi connectivity index (χ3v) is 6.26. The molecule has 4 nitrogen and oxygen atoms in total. The number of hydrogen-bond donors (Lipinski definition) is 1. The third kappa shape index (κ3) is 6.01. The van der Waals surface area contributed by atoms with Gasteiger partial charge in [0.15, 0.2) is 0 Å². The van der Waals surface area contributed by atoms with E-state index >= 15 is 0 Å². The summed E-state index contributed by atoms with van der Waals surface area (Å²) >= 11 is 1.72. The van der Waals surface area contributed by atoms with Gasteiger partial charge in [0.2, 0.25) is 0 Å². The van der Waals surface area contributed by atoms with E-state index in [0.717, 1.165) is 23.6 Å². The van der Waals surface area contributed by atoms with Crippen molar-refractivity contribution in [3.63, 3.8) is 0 Å². The Morgan fingerprint density at radius 1 is 1.19 bits per heavy atom. The lowest BCUT2D eigenvalue weighted by atomic mass is 10.1. The highest BCUT2D eigenvalue weighted by atomic mass is 32.1. The van der Waals surface area contributed by atoms with Crippen LogP contribution < -0.4 is 0 Å². The van der Waals surface area contributed by atoms with Crippen molar-refractivity contribution in [3.8, 4) is 0 Å². The molecule has 2 aliphatic carbocycles. The molecule has 0 saturated heterocycles. The van der Waals surface area contributed by atoms with Gasteiger partial charge in [0.05, 0.1) is 18.1 Å². The van der Waals surface area contributed by atoms with Crippen LogP contribution in [0.15, 0.2) is 46.8 Å². The molecule has 4 aromatic rings. The molecule has 2 aliphatic rings. The summed E-state index contributed by atoms with van der Waals surface area (Å²) < 4.78 is 7.25. The van der Waals surface area contributed by atoms with Gasteiger partial charge in [0.1, 0.15) is 10.6 Å². The van der Waals surface area contributed by atoms with Crippen molar-refractivity contribution in [1.82, 2.24) is 14.5 Å². The number of nitrogens with zero attached hydrogens (tertiary/aromatic N) is 2. The molecule has 31 heavy (non-hydrogen) atoms. The molecule has 4 aromatic heterocycles. The van der Waals surface area contributed by atoms with E-state index in [1.807, 2.05) is 42.5 Å². The second kappa shape index (κ2) is 12.4. The predicted octanol–water partition coefficient (Wildman–Crippen LogP) is 8.40. The van der Waals surface area contributed by atoms with Gasteiger partial charge >= 0.3 is 0 Å². The van der Waals surface area contributed by atoms with Crippen LogP contribution in [0.5, 0.6) is 0 Å². The first kappa shape index (κ1) is 28.5. The highest BCUT2D eigenvalue weighted by molar-refractivity contribution is 7.16. The molecule has 0 spiro atoms. The van der Waals surface area contributed by atoms with Gasteiger partial charge in [-0.05, 0) is 66.8 Å². The van der Waals surface area contributed by atoms with Gasteiger partial charge in [-0.25, -0.2) is 4.98 Å². The van der Waals surface area contributed by atoms with E-state index < -0.39 is 0 Å². The van der Waals surface area contributed by atoms with Crippen LogP contribution in [0.25, 0.3) is 16.4 Å². The minimum Gasteiger partial charge on any atom is -0.464 e. The number of aromatic amines is 1. The van der Waals surface area contributed by atoms with Crippen molar-refractivity contribution in [2.75, 3.05) is 0 Å². The lowest BCUT2D eigenvalue weighted by Gasteiger charge is -1.96. The summed E-state index contributed by atoms with van der Waals surface area (Å²) in [5.74, 6) is 1.85. The normalized spacial score (nSPS) is 14.4. The number of H-pyrrole nitrogens is 1. The highest BCUT2D eigenvalue weighted by Crippen LogP contribution is 2.31. The summed E-state index contributed by atoms with van der Waals surface area (Å²) in [5, 5.41) is 2.05. The van der Waals surface area contributed by atoms with E-state index in [2.05, 4.69) is 41.3 Å². The van der Waals surface area contributed by atoms with Gasteiger partial charge in [-0.2, -0.15) is 0 Å². The molecule has 5 heteroatoms.